The highest BCUT2D eigenvalue weighted by Crippen LogP contribution is 2.65. The molecule has 2 N–H and O–H groups in total. The van der Waals surface area contributed by atoms with E-state index in [4.69, 9.17) is 14.0 Å². The summed E-state index contributed by atoms with van der Waals surface area (Å²) < 4.78 is 18.4. The summed E-state index contributed by atoms with van der Waals surface area (Å²) >= 11 is 0. The number of hydrogen-bond acceptors (Lipinski definition) is 5. The molecule has 2 bridgehead atoms. The van der Waals surface area contributed by atoms with Gasteiger partial charge in [-0.2, -0.15) is 0 Å². The monoisotopic (exact) mass is 429 g/mol. The summed E-state index contributed by atoms with van der Waals surface area (Å²) in [7, 11) is 0.858. The van der Waals surface area contributed by atoms with Crippen LogP contribution in [0.3, 0.4) is 0 Å². The molecule has 3 aliphatic carbocycles. The highest BCUT2D eigenvalue weighted by Gasteiger charge is 2.68. The standard InChI is InChI=1S/C23H32BNO6/c1-6-19(26)25-18(10-13-8-7-9-15(21(27)28)20(13)29-5)24-30-17-12-14-11-16(22(14,2)3)23(17,4)31-24/h7-9,14,16-18H,6,10-12H2,1-5H3,(H,25,26)(H,27,28). The van der Waals surface area contributed by atoms with Gasteiger partial charge in [0.1, 0.15) is 11.3 Å². The number of carbonyl (C=O) groups excluding carboxylic acids is 1. The molecular weight excluding hydrogens is 397 g/mol. The average Bonchev–Trinajstić information content (AvgIpc) is 3.09. The number of ether oxygens (including phenoxy) is 1. The van der Waals surface area contributed by atoms with E-state index in [9.17, 15) is 14.7 Å². The summed E-state index contributed by atoms with van der Waals surface area (Å²) in [5.41, 5.74) is 0.633. The zero-order valence-corrected chi connectivity index (χ0v) is 18.9. The number of carbonyl (C=O) groups is 2. The summed E-state index contributed by atoms with van der Waals surface area (Å²) in [5, 5.41) is 12.5. The van der Waals surface area contributed by atoms with Crippen molar-refractivity contribution in [2.75, 3.05) is 7.11 Å². The minimum Gasteiger partial charge on any atom is -0.496 e. The zero-order chi connectivity index (χ0) is 22.6. The van der Waals surface area contributed by atoms with E-state index in [0.29, 0.717) is 36.0 Å². The topological polar surface area (TPSA) is 94.1 Å². The van der Waals surface area contributed by atoms with Gasteiger partial charge in [-0.3, -0.25) is 4.79 Å². The van der Waals surface area contributed by atoms with Gasteiger partial charge < -0.3 is 24.5 Å². The van der Waals surface area contributed by atoms with E-state index >= 15 is 0 Å². The molecule has 0 radical (unpaired) electrons. The Bertz CT molecular complexity index is 889. The van der Waals surface area contributed by atoms with Crippen molar-refractivity contribution in [2.45, 2.75) is 71.0 Å². The van der Waals surface area contributed by atoms with E-state index < -0.39 is 19.0 Å². The Balaban J connectivity index is 1.61. The lowest BCUT2D eigenvalue weighted by molar-refractivity contribution is -0.199. The molecule has 5 atom stereocenters. The second-order valence-electron chi connectivity index (χ2n) is 9.87. The first-order valence-corrected chi connectivity index (χ1v) is 11.1. The number of nitrogens with one attached hydrogen (secondary N) is 1. The molecule has 8 heteroatoms. The number of para-hydroxylation sites is 1. The third kappa shape index (κ3) is 3.54. The van der Waals surface area contributed by atoms with E-state index in [1.807, 2.05) is 6.07 Å². The van der Waals surface area contributed by atoms with Gasteiger partial charge >= 0.3 is 13.1 Å². The number of hydrogen-bond donors (Lipinski definition) is 2. The Labute approximate surface area is 184 Å². The molecule has 4 aliphatic rings. The number of rotatable bonds is 7. The minimum absolute atomic E-state index is 0.00236. The molecule has 1 amide bonds. The highest BCUT2D eigenvalue weighted by molar-refractivity contribution is 6.48. The molecule has 3 saturated carbocycles. The Morgan fingerprint density at radius 3 is 2.68 bits per heavy atom. The molecule has 1 aliphatic heterocycles. The molecule has 1 saturated heterocycles. The van der Waals surface area contributed by atoms with Crippen molar-refractivity contribution in [1.29, 1.82) is 0 Å². The largest absolute Gasteiger partial charge is 0.496 e. The summed E-state index contributed by atoms with van der Waals surface area (Å²) in [4.78, 5) is 23.9. The highest BCUT2D eigenvalue weighted by atomic mass is 16.7. The summed E-state index contributed by atoms with van der Waals surface area (Å²) in [6, 6.07) is 5.02. The lowest BCUT2D eigenvalue weighted by atomic mass is 9.43. The fourth-order valence-electron chi connectivity index (χ4n) is 5.99. The number of carboxylic acid groups (broad SMARTS) is 1. The van der Waals surface area contributed by atoms with Gasteiger partial charge in [-0.15, -0.1) is 0 Å². The molecule has 4 fully saturated rings. The normalized spacial score (nSPS) is 31.4. The van der Waals surface area contributed by atoms with Gasteiger partial charge in [-0.25, -0.2) is 4.79 Å². The van der Waals surface area contributed by atoms with Gasteiger partial charge in [0.2, 0.25) is 5.91 Å². The van der Waals surface area contributed by atoms with Gasteiger partial charge in [0.05, 0.1) is 24.8 Å². The summed E-state index contributed by atoms with van der Waals surface area (Å²) in [6.07, 6.45) is 2.80. The lowest BCUT2D eigenvalue weighted by Crippen LogP contribution is -2.65. The molecular formula is C23H32BNO6. The molecule has 7 nitrogen and oxygen atoms in total. The predicted octanol–water partition coefficient (Wildman–Crippen LogP) is 3.10. The summed E-state index contributed by atoms with van der Waals surface area (Å²) in [5.74, 6) is -0.254. The fourth-order valence-corrected chi connectivity index (χ4v) is 5.99. The number of benzene rings is 1. The van der Waals surface area contributed by atoms with Crippen molar-refractivity contribution in [3.63, 3.8) is 0 Å². The van der Waals surface area contributed by atoms with Crippen molar-refractivity contribution in [1.82, 2.24) is 5.32 Å². The Kier molecular flexibility index (Phi) is 5.59. The van der Waals surface area contributed by atoms with Crippen LogP contribution in [0.5, 0.6) is 5.75 Å². The molecule has 1 aromatic rings. The van der Waals surface area contributed by atoms with E-state index in [2.05, 4.69) is 26.1 Å². The average molecular weight is 429 g/mol. The molecule has 168 valence electrons. The Morgan fingerprint density at radius 1 is 1.32 bits per heavy atom. The van der Waals surface area contributed by atoms with Crippen molar-refractivity contribution in [2.24, 2.45) is 17.3 Å². The Hall–Kier alpha value is -2.06. The minimum atomic E-state index is -1.05. The molecule has 31 heavy (non-hydrogen) atoms. The Morgan fingerprint density at radius 2 is 2.06 bits per heavy atom. The van der Waals surface area contributed by atoms with Crippen LogP contribution in [-0.4, -0.2) is 48.9 Å². The maximum absolute atomic E-state index is 12.3. The second kappa shape index (κ2) is 7.82. The maximum Gasteiger partial charge on any atom is 0.482 e. The molecule has 0 spiro atoms. The van der Waals surface area contributed by atoms with Crippen LogP contribution in [-0.2, 0) is 20.5 Å². The van der Waals surface area contributed by atoms with Crippen LogP contribution in [0, 0.1) is 17.3 Å². The van der Waals surface area contributed by atoms with Gasteiger partial charge in [0.15, 0.2) is 0 Å². The first kappa shape index (κ1) is 22.2. The number of carboxylic acids is 1. The van der Waals surface area contributed by atoms with E-state index in [1.165, 1.54) is 13.2 Å². The van der Waals surface area contributed by atoms with Crippen molar-refractivity contribution < 1.29 is 28.7 Å². The predicted molar refractivity (Wildman–Crippen MR) is 116 cm³/mol. The third-order valence-corrected chi connectivity index (χ3v) is 7.94. The molecule has 1 heterocycles. The summed E-state index contributed by atoms with van der Waals surface area (Å²) in [6.45, 7) is 8.56. The molecule has 1 aromatic carbocycles. The van der Waals surface area contributed by atoms with Crippen molar-refractivity contribution >= 4 is 19.0 Å². The van der Waals surface area contributed by atoms with Gasteiger partial charge in [0, 0.05) is 6.42 Å². The van der Waals surface area contributed by atoms with Gasteiger partial charge in [0.25, 0.3) is 0 Å². The van der Waals surface area contributed by atoms with Crippen LogP contribution in [0.2, 0.25) is 0 Å². The van der Waals surface area contributed by atoms with Crippen LogP contribution in [0.4, 0.5) is 0 Å². The third-order valence-electron chi connectivity index (χ3n) is 7.94. The van der Waals surface area contributed by atoms with Crippen LogP contribution in [0.25, 0.3) is 0 Å². The first-order valence-electron chi connectivity index (χ1n) is 11.1. The lowest BCUT2D eigenvalue weighted by Gasteiger charge is -2.64. The number of amides is 1. The van der Waals surface area contributed by atoms with Crippen molar-refractivity contribution in [3.8, 4) is 5.75 Å². The molecule has 5 rings (SSSR count). The fraction of sp³-hybridized carbons (Fsp3) is 0.652. The second-order valence-corrected chi connectivity index (χ2v) is 9.87. The smallest absolute Gasteiger partial charge is 0.482 e. The quantitative estimate of drug-likeness (QED) is 0.647. The van der Waals surface area contributed by atoms with E-state index in [1.54, 1.807) is 13.0 Å². The van der Waals surface area contributed by atoms with Crippen LogP contribution < -0.4 is 10.1 Å². The van der Waals surface area contributed by atoms with Crippen LogP contribution in [0.1, 0.15) is 62.9 Å². The zero-order valence-electron chi connectivity index (χ0n) is 18.9. The molecule has 5 unspecified atom stereocenters. The van der Waals surface area contributed by atoms with Crippen LogP contribution >= 0.6 is 0 Å². The molecule has 0 aromatic heterocycles. The van der Waals surface area contributed by atoms with E-state index in [-0.39, 0.29) is 28.6 Å². The number of methoxy groups -OCH3 is 1. The maximum atomic E-state index is 12.3. The van der Waals surface area contributed by atoms with Crippen LogP contribution in [0.15, 0.2) is 18.2 Å². The van der Waals surface area contributed by atoms with Gasteiger partial charge in [-0.1, -0.05) is 32.9 Å². The SMILES string of the molecule is CCC(=O)NC(Cc1cccc(C(=O)O)c1OC)B1OC2CC3CC(C3(C)C)C2(C)O1. The first-order chi connectivity index (χ1) is 14.6. The van der Waals surface area contributed by atoms with E-state index in [0.717, 1.165) is 12.8 Å². The number of aromatic carboxylic acids is 1. The van der Waals surface area contributed by atoms with Gasteiger partial charge in [-0.05, 0) is 55.1 Å². The van der Waals surface area contributed by atoms with Crippen molar-refractivity contribution in [3.05, 3.63) is 29.3 Å².